The Bertz CT molecular complexity index is 950. The van der Waals surface area contributed by atoms with Gasteiger partial charge in [-0.1, -0.05) is 23.7 Å². The number of anilines is 1. The highest BCUT2D eigenvalue weighted by atomic mass is 35.5. The Morgan fingerprint density at radius 1 is 1.38 bits per heavy atom. The maximum Gasteiger partial charge on any atom is 0.266 e. The minimum absolute atomic E-state index is 0.0963. The molecule has 9 heteroatoms. The van der Waals surface area contributed by atoms with Crippen molar-refractivity contribution in [2.75, 3.05) is 12.4 Å². The van der Waals surface area contributed by atoms with Crippen LogP contribution in [-0.2, 0) is 4.79 Å². The fourth-order valence-corrected chi connectivity index (χ4v) is 2.23. The first kappa shape index (κ1) is 18.8. The lowest BCUT2D eigenvalue weighted by Crippen LogP contribution is -2.13. The molecule has 2 aromatic rings. The van der Waals surface area contributed by atoms with Gasteiger partial charge in [0.1, 0.15) is 17.4 Å². The van der Waals surface area contributed by atoms with Gasteiger partial charge < -0.3 is 15.2 Å². The monoisotopic (exact) mass is 372 g/mol. The van der Waals surface area contributed by atoms with Gasteiger partial charge in [0.05, 0.1) is 22.7 Å². The fraction of sp³-hybridized carbons (Fsp3) is 0.0588. The Hall–Kier alpha value is -3.57. The summed E-state index contributed by atoms with van der Waals surface area (Å²) in [5, 5.41) is 34.8. The van der Waals surface area contributed by atoms with Crippen molar-refractivity contribution < 1.29 is 19.6 Å². The van der Waals surface area contributed by atoms with Crippen LogP contribution in [0.3, 0.4) is 0 Å². The van der Waals surface area contributed by atoms with Gasteiger partial charge in [0.15, 0.2) is 0 Å². The normalized spacial score (nSPS) is 10.7. The number of nitriles is 1. The second-order valence-electron chi connectivity index (χ2n) is 4.93. The first-order valence-corrected chi connectivity index (χ1v) is 7.46. The molecule has 2 aromatic carbocycles. The van der Waals surface area contributed by atoms with Crippen LogP contribution < -0.4 is 15.2 Å². The highest BCUT2D eigenvalue weighted by Crippen LogP contribution is 2.35. The van der Waals surface area contributed by atoms with Crippen molar-refractivity contribution in [3.05, 3.63) is 62.7 Å². The molecular formula is C17H11ClN3O5-. The van der Waals surface area contributed by atoms with E-state index in [2.05, 4.69) is 5.32 Å². The fourth-order valence-electron chi connectivity index (χ4n) is 2.05. The maximum absolute atomic E-state index is 12.3. The Balaban J connectivity index is 2.41. The number of ether oxygens (including phenoxy) is 1. The third kappa shape index (κ3) is 4.09. The minimum atomic E-state index is -0.895. The van der Waals surface area contributed by atoms with E-state index in [1.807, 2.05) is 0 Å². The van der Waals surface area contributed by atoms with E-state index in [1.165, 1.54) is 13.2 Å². The van der Waals surface area contributed by atoms with E-state index in [-0.39, 0.29) is 21.9 Å². The van der Waals surface area contributed by atoms with Gasteiger partial charge in [-0.3, -0.25) is 14.9 Å². The number of hydrogen-bond acceptors (Lipinski definition) is 6. The zero-order valence-electron chi connectivity index (χ0n) is 13.4. The number of rotatable bonds is 5. The summed E-state index contributed by atoms with van der Waals surface area (Å²) < 4.78 is 4.82. The van der Waals surface area contributed by atoms with Crippen LogP contribution in [0.25, 0.3) is 6.08 Å². The lowest BCUT2D eigenvalue weighted by molar-refractivity contribution is -0.398. The van der Waals surface area contributed by atoms with Gasteiger partial charge in [-0.2, -0.15) is 5.26 Å². The van der Waals surface area contributed by atoms with Crippen LogP contribution in [0, 0.1) is 21.4 Å². The van der Waals surface area contributed by atoms with Crippen LogP contribution in [0.2, 0.25) is 5.02 Å². The molecule has 8 nitrogen and oxygen atoms in total. The summed E-state index contributed by atoms with van der Waals surface area (Å²) in [5.41, 5.74) is -0.655. The van der Waals surface area contributed by atoms with Crippen molar-refractivity contribution >= 4 is 35.0 Å². The van der Waals surface area contributed by atoms with Crippen molar-refractivity contribution in [1.29, 1.82) is 5.26 Å². The summed E-state index contributed by atoms with van der Waals surface area (Å²) in [4.78, 5) is 22.4. The number of carbonyl (C=O) groups excluding carboxylic acids is 1. The molecule has 0 aliphatic rings. The highest BCUT2D eigenvalue weighted by Gasteiger charge is 2.15. The van der Waals surface area contributed by atoms with Gasteiger partial charge in [0.2, 0.25) is 0 Å². The zero-order chi connectivity index (χ0) is 19.3. The van der Waals surface area contributed by atoms with Crippen molar-refractivity contribution in [2.24, 2.45) is 0 Å². The molecule has 0 aliphatic carbocycles. The highest BCUT2D eigenvalue weighted by molar-refractivity contribution is 6.34. The number of nitrogens with one attached hydrogen (secondary N) is 1. The Labute approximate surface area is 153 Å². The molecule has 0 radical (unpaired) electrons. The van der Waals surface area contributed by atoms with Gasteiger partial charge in [0.25, 0.3) is 11.6 Å². The number of nitrogens with zero attached hydrogens (tertiary/aromatic N) is 2. The van der Waals surface area contributed by atoms with E-state index >= 15 is 0 Å². The molecule has 0 fully saturated rings. The molecule has 1 amide bonds. The SMILES string of the molecule is COc1cc(/C=C(/C#N)C(=O)Nc2ccccc2Cl)cc([N+](=O)[O-])c1[O-]. The predicted molar refractivity (Wildman–Crippen MR) is 92.8 cm³/mol. The van der Waals surface area contributed by atoms with Crippen molar-refractivity contribution in [1.82, 2.24) is 0 Å². The van der Waals surface area contributed by atoms with Crippen molar-refractivity contribution in [2.45, 2.75) is 0 Å². The number of nitro groups is 1. The van der Waals surface area contributed by atoms with Crippen LogP contribution in [0.1, 0.15) is 5.56 Å². The molecule has 132 valence electrons. The number of hydrogen-bond donors (Lipinski definition) is 1. The third-order valence-corrected chi connectivity index (χ3v) is 3.60. The molecule has 0 saturated heterocycles. The van der Waals surface area contributed by atoms with Crippen LogP contribution in [-0.4, -0.2) is 17.9 Å². The summed E-state index contributed by atoms with van der Waals surface area (Å²) in [5.74, 6) is -1.92. The maximum atomic E-state index is 12.3. The van der Waals surface area contributed by atoms with E-state index < -0.39 is 22.3 Å². The number of amides is 1. The molecule has 0 unspecified atom stereocenters. The molecule has 0 bridgehead atoms. The first-order valence-electron chi connectivity index (χ1n) is 7.08. The van der Waals surface area contributed by atoms with Gasteiger partial charge >= 0.3 is 0 Å². The predicted octanol–water partition coefficient (Wildman–Crippen LogP) is 2.88. The zero-order valence-corrected chi connectivity index (χ0v) is 14.1. The van der Waals surface area contributed by atoms with E-state index in [0.29, 0.717) is 5.69 Å². The molecular weight excluding hydrogens is 362 g/mol. The standard InChI is InChI=1S/C17H12ClN3O5/c1-26-15-8-10(7-14(16(15)22)21(24)25)6-11(9-19)17(23)20-13-5-3-2-4-12(13)18/h2-8,22H,1H3,(H,20,23)/p-1/b11-6-. The summed E-state index contributed by atoms with van der Waals surface area (Å²) >= 11 is 5.95. The van der Waals surface area contributed by atoms with Crippen LogP contribution >= 0.6 is 11.6 Å². The average molecular weight is 373 g/mol. The summed E-state index contributed by atoms with van der Waals surface area (Å²) in [6.07, 6.45) is 1.11. The molecule has 1 N–H and O–H groups in total. The summed E-state index contributed by atoms with van der Waals surface area (Å²) in [6.45, 7) is 0. The van der Waals surface area contributed by atoms with Gasteiger partial charge in [-0.15, -0.1) is 0 Å². The number of benzene rings is 2. The Kier molecular flexibility index (Phi) is 5.78. The molecule has 0 aliphatic heterocycles. The molecule has 0 atom stereocenters. The number of halogens is 1. The molecule has 0 spiro atoms. The second kappa shape index (κ2) is 8.00. The Morgan fingerprint density at radius 3 is 2.65 bits per heavy atom. The van der Waals surface area contributed by atoms with Crippen molar-refractivity contribution in [3.63, 3.8) is 0 Å². The van der Waals surface area contributed by atoms with Crippen LogP contribution in [0.15, 0.2) is 42.0 Å². The third-order valence-electron chi connectivity index (χ3n) is 3.27. The van der Waals surface area contributed by atoms with Crippen molar-refractivity contribution in [3.8, 4) is 17.6 Å². The molecule has 2 rings (SSSR count). The first-order chi connectivity index (χ1) is 12.4. The summed E-state index contributed by atoms with van der Waals surface area (Å²) in [7, 11) is 1.18. The number of para-hydroxylation sites is 1. The topological polar surface area (TPSA) is 128 Å². The van der Waals surface area contributed by atoms with Gasteiger partial charge in [-0.25, -0.2) is 0 Å². The number of nitro benzene ring substituents is 1. The van der Waals surface area contributed by atoms with E-state index in [1.54, 1.807) is 30.3 Å². The average Bonchev–Trinajstić information content (AvgIpc) is 2.62. The lowest BCUT2D eigenvalue weighted by atomic mass is 10.1. The van der Waals surface area contributed by atoms with Gasteiger partial charge in [-0.05, 0) is 29.8 Å². The van der Waals surface area contributed by atoms with E-state index in [4.69, 9.17) is 16.3 Å². The molecule has 26 heavy (non-hydrogen) atoms. The summed E-state index contributed by atoms with van der Waals surface area (Å²) in [6, 6.07) is 10.3. The largest absolute Gasteiger partial charge is 0.865 e. The number of methoxy groups -OCH3 is 1. The van der Waals surface area contributed by atoms with E-state index in [9.17, 15) is 25.3 Å². The molecule has 0 saturated carbocycles. The molecule has 0 aromatic heterocycles. The number of carbonyl (C=O) groups is 1. The van der Waals surface area contributed by atoms with E-state index in [0.717, 1.165) is 12.1 Å². The molecule has 0 heterocycles. The second-order valence-corrected chi connectivity index (χ2v) is 5.34. The van der Waals surface area contributed by atoms with Gasteiger partial charge in [0, 0.05) is 11.8 Å². The minimum Gasteiger partial charge on any atom is -0.865 e. The quantitative estimate of drug-likeness (QED) is 0.372. The lowest BCUT2D eigenvalue weighted by Gasteiger charge is -2.13. The smallest absolute Gasteiger partial charge is 0.266 e. The Morgan fingerprint density at radius 2 is 2.08 bits per heavy atom. The van der Waals surface area contributed by atoms with Crippen LogP contribution in [0.4, 0.5) is 11.4 Å². The van der Waals surface area contributed by atoms with Crippen LogP contribution in [0.5, 0.6) is 11.5 Å².